The monoisotopic (exact) mass is 311 g/mol. The predicted molar refractivity (Wildman–Crippen MR) is 80.8 cm³/mol. The summed E-state index contributed by atoms with van der Waals surface area (Å²) in [4.78, 5) is 28.9. The smallest absolute Gasteiger partial charge is 0.355 e. The number of thiazole rings is 1. The number of carboxylic acids is 1. The minimum absolute atomic E-state index is 0.0373. The SMILES string of the molecule is C[C@@H]1CCC[C@H](C)N1C(=O)NCCc1nc(C(=O)O)cs1. The van der Waals surface area contributed by atoms with Crippen molar-refractivity contribution in [2.45, 2.75) is 51.6 Å². The standard InChI is InChI=1S/C14H21N3O3S/c1-9-4-3-5-10(2)17(9)14(20)15-7-6-12-16-11(8-21-12)13(18)19/h8-10H,3-7H2,1-2H3,(H,15,20)(H,18,19)/t9-,10+. The Hall–Kier alpha value is -1.63. The van der Waals surface area contributed by atoms with Gasteiger partial charge in [0, 0.05) is 30.4 Å². The number of urea groups is 1. The zero-order valence-corrected chi connectivity index (χ0v) is 13.2. The van der Waals surface area contributed by atoms with Crippen molar-refractivity contribution in [1.82, 2.24) is 15.2 Å². The van der Waals surface area contributed by atoms with Gasteiger partial charge in [-0.25, -0.2) is 14.6 Å². The number of nitrogens with one attached hydrogen (secondary N) is 1. The summed E-state index contributed by atoms with van der Waals surface area (Å²) in [6.07, 6.45) is 3.82. The molecular formula is C14H21N3O3S. The highest BCUT2D eigenvalue weighted by Crippen LogP contribution is 2.22. The van der Waals surface area contributed by atoms with E-state index in [9.17, 15) is 9.59 Å². The van der Waals surface area contributed by atoms with Crippen molar-refractivity contribution < 1.29 is 14.7 Å². The zero-order chi connectivity index (χ0) is 15.4. The molecule has 1 aliphatic rings. The normalized spacial score (nSPS) is 22.1. The molecule has 6 nitrogen and oxygen atoms in total. The third-order valence-electron chi connectivity index (χ3n) is 3.81. The Kier molecular flexibility index (Phi) is 5.17. The van der Waals surface area contributed by atoms with Crippen LogP contribution >= 0.6 is 11.3 Å². The summed E-state index contributed by atoms with van der Waals surface area (Å²) >= 11 is 1.31. The molecule has 0 radical (unpaired) electrons. The third kappa shape index (κ3) is 3.93. The van der Waals surface area contributed by atoms with Gasteiger partial charge in [-0.15, -0.1) is 11.3 Å². The van der Waals surface area contributed by atoms with Crippen LogP contribution in [0.1, 0.15) is 48.6 Å². The molecule has 1 aliphatic heterocycles. The number of nitrogens with zero attached hydrogens (tertiary/aromatic N) is 2. The highest BCUT2D eigenvalue weighted by atomic mass is 32.1. The van der Waals surface area contributed by atoms with Gasteiger partial charge in [-0.05, 0) is 33.1 Å². The quantitative estimate of drug-likeness (QED) is 0.894. The Morgan fingerprint density at radius 1 is 1.43 bits per heavy atom. The minimum atomic E-state index is -1.02. The van der Waals surface area contributed by atoms with Crippen LogP contribution in [0.25, 0.3) is 0 Å². The molecule has 116 valence electrons. The van der Waals surface area contributed by atoms with Crippen molar-refractivity contribution in [3.63, 3.8) is 0 Å². The molecule has 1 fully saturated rings. The topological polar surface area (TPSA) is 82.5 Å². The number of carboxylic acid groups (broad SMARTS) is 1. The Morgan fingerprint density at radius 2 is 2.10 bits per heavy atom. The molecule has 2 N–H and O–H groups in total. The zero-order valence-electron chi connectivity index (χ0n) is 12.3. The van der Waals surface area contributed by atoms with E-state index in [0.29, 0.717) is 13.0 Å². The van der Waals surface area contributed by atoms with Crippen molar-refractivity contribution in [1.29, 1.82) is 0 Å². The summed E-state index contributed by atoms with van der Waals surface area (Å²) in [5.74, 6) is -1.02. The third-order valence-corrected chi connectivity index (χ3v) is 4.72. The molecule has 0 aromatic carbocycles. The van der Waals surface area contributed by atoms with E-state index in [2.05, 4.69) is 24.1 Å². The van der Waals surface area contributed by atoms with Gasteiger partial charge in [-0.2, -0.15) is 0 Å². The molecule has 1 aromatic heterocycles. The number of amides is 2. The van der Waals surface area contributed by atoms with E-state index in [4.69, 9.17) is 5.11 Å². The first-order valence-corrected chi connectivity index (χ1v) is 8.11. The van der Waals surface area contributed by atoms with E-state index in [1.807, 2.05) is 4.90 Å². The van der Waals surface area contributed by atoms with Gasteiger partial charge in [0.1, 0.15) is 0 Å². The fourth-order valence-electron chi connectivity index (χ4n) is 2.71. The lowest BCUT2D eigenvalue weighted by molar-refractivity contribution is 0.0691. The molecule has 2 atom stereocenters. The number of hydrogen-bond donors (Lipinski definition) is 2. The number of likely N-dealkylation sites (tertiary alicyclic amines) is 1. The average Bonchev–Trinajstić information content (AvgIpc) is 2.87. The van der Waals surface area contributed by atoms with Gasteiger partial charge in [-0.1, -0.05) is 0 Å². The second kappa shape index (κ2) is 6.89. The van der Waals surface area contributed by atoms with E-state index in [1.54, 1.807) is 0 Å². The molecule has 0 spiro atoms. The van der Waals surface area contributed by atoms with Gasteiger partial charge in [-0.3, -0.25) is 0 Å². The summed E-state index contributed by atoms with van der Waals surface area (Å²) < 4.78 is 0. The first kappa shape index (κ1) is 15.8. The van der Waals surface area contributed by atoms with Crippen molar-refractivity contribution in [2.75, 3.05) is 6.54 Å². The van der Waals surface area contributed by atoms with Crippen LogP contribution in [-0.2, 0) is 6.42 Å². The lowest BCUT2D eigenvalue weighted by Crippen LogP contribution is -2.52. The predicted octanol–water partition coefficient (Wildman–Crippen LogP) is 2.36. The molecule has 2 amide bonds. The molecule has 0 unspecified atom stereocenters. The van der Waals surface area contributed by atoms with Crippen LogP contribution < -0.4 is 5.32 Å². The number of hydrogen-bond acceptors (Lipinski definition) is 4. The Bertz CT molecular complexity index is 507. The second-order valence-electron chi connectivity index (χ2n) is 5.45. The Balaban J connectivity index is 1.82. The largest absolute Gasteiger partial charge is 0.476 e. The Labute approximate surface area is 128 Å². The minimum Gasteiger partial charge on any atom is -0.476 e. The van der Waals surface area contributed by atoms with Gasteiger partial charge >= 0.3 is 12.0 Å². The highest BCUT2D eigenvalue weighted by Gasteiger charge is 2.28. The molecule has 0 bridgehead atoms. The first-order chi connectivity index (χ1) is 9.99. The summed E-state index contributed by atoms with van der Waals surface area (Å²) in [6.45, 7) is 4.63. The van der Waals surface area contributed by atoms with Crippen molar-refractivity contribution in [2.24, 2.45) is 0 Å². The molecule has 1 saturated heterocycles. The molecule has 7 heteroatoms. The van der Waals surface area contributed by atoms with E-state index in [1.165, 1.54) is 23.1 Å². The van der Waals surface area contributed by atoms with Crippen LogP contribution in [0.3, 0.4) is 0 Å². The summed E-state index contributed by atoms with van der Waals surface area (Å²) in [5.41, 5.74) is 0.0691. The maximum Gasteiger partial charge on any atom is 0.355 e. The fourth-order valence-corrected chi connectivity index (χ4v) is 3.49. The van der Waals surface area contributed by atoms with Crippen LogP contribution in [-0.4, -0.2) is 45.6 Å². The summed E-state index contributed by atoms with van der Waals surface area (Å²) in [6, 6.07) is 0.504. The van der Waals surface area contributed by atoms with E-state index in [-0.39, 0.29) is 23.8 Å². The van der Waals surface area contributed by atoms with Gasteiger partial charge in [0.15, 0.2) is 5.69 Å². The number of aromatic carboxylic acids is 1. The molecule has 0 saturated carbocycles. The molecule has 1 aromatic rings. The van der Waals surface area contributed by atoms with Crippen LogP contribution in [0.4, 0.5) is 4.79 Å². The van der Waals surface area contributed by atoms with Gasteiger partial charge < -0.3 is 15.3 Å². The molecule has 21 heavy (non-hydrogen) atoms. The number of carbonyl (C=O) groups is 2. The first-order valence-electron chi connectivity index (χ1n) is 7.23. The van der Waals surface area contributed by atoms with Gasteiger partial charge in [0.25, 0.3) is 0 Å². The number of carbonyl (C=O) groups excluding carboxylic acids is 1. The summed E-state index contributed by atoms with van der Waals surface area (Å²) in [7, 11) is 0. The maximum atomic E-state index is 12.2. The molecular weight excluding hydrogens is 290 g/mol. The van der Waals surface area contributed by atoms with Crippen LogP contribution in [0, 0.1) is 0 Å². The Morgan fingerprint density at radius 3 is 2.67 bits per heavy atom. The van der Waals surface area contributed by atoms with Crippen LogP contribution in [0.5, 0.6) is 0 Å². The van der Waals surface area contributed by atoms with E-state index >= 15 is 0 Å². The molecule has 2 heterocycles. The number of rotatable bonds is 4. The maximum absolute atomic E-state index is 12.2. The fraction of sp³-hybridized carbons (Fsp3) is 0.643. The average molecular weight is 311 g/mol. The van der Waals surface area contributed by atoms with Crippen molar-refractivity contribution in [3.05, 3.63) is 16.1 Å². The number of aromatic nitrogens is 1. The van der Waals surface area contributed by atoms with Crippen LogP contribution in [0.2, 0.25) is 0 Å². The van der Waals surface area contributed by atoms with Crippen molar-refractivity contribution in [3.8, 4) is 0 Å². The number of piperidine rings is 1. The molecule has 2 rings (SSSR count). The van der Waals surface area contributed by atoms with Crippen LogP contribution in [0.15, 0.2) is 5.38 Å². The van der Waals surface area contributed by atoms with E-state index in [0.717, 1.165) is 17.8 Å². The van der Waals surface area contributed by atoms with Gasteiger partial charge in [0.2, 0.25) is 0 Å². The van der Waals surface area contributed by atoms with Crippen molar-refractivity contribution >= 4 is 23.3 Å². The summed E-state index contributed by atoms with van der Waals surface area (Å²) in [5, 5.41) is 14.0. The second-order valence-corrected chi connectivity index (χ2v) is 6.39. The lowest BCUT2D eigenvalue weighted by atomic mass is 9.98. The van der Waals surface area contributed by atoms with E-state index < -0.39 is 5.97 Å². The lowest BCUT2D eigenvalue weighted by Gasteiger charge is -2.38. The highest BCUT2D eigenvalue weighted by molar-refractivity contribution is 7.09. The molecule has 0 aliphatic carbocycles. The van der Waals surface area contributed by atoms with Gasteiger partial charge in [0.05, 0.1) is 5.01 Å².